The quantitative estimate of drug-likeness (QED) is 0.663. The van der Waals surface area contributed by atoms with Crippen molar-refractivity contribution in [2.45, 2.75) is 57.3 Å². The number of hydrogen-bond acceptors (Lipinski definition) is 5. The summed E-state index contributed by atoms with van der Waals surface area (Å²) < 4.78 is 0. The highest BCUT2D eigenvalue weighted by atomic mass is 16.2. The topological polar surface area (TPSA) is 90.5 Å². The molecule has 3 aliphatic heterocycles. The van der Waals surface area contributed by atoms with Crippen molar-refractivity contribution in [1.82, 2.24) is 20.9 Å². The van der Waals surface area contributed by atoms with Gasteiger partial charge in [0.05, 0.1) is 0 Å². The highest BCUT2D eigenvalue weighted by Gasteiger charge is 2.40. The first kappa shape index (κ1) is 18.1. The first-order chi connectivity index (χ1) is 13.0. The molecule has 0 aromatic heterocycles. The highest BCUT2D eigenvalue weighted by Crippen LogP contribution is 2.30. The monoisotopic (exact) mass is 370 g/mol. The van der Waals surface area contributed by atoms with Crippen LogP contribution in [0.4, 0.5) is 0 Å². The van der Waals surface area contributed by atoms with Crippen molar-refractivity contribution < 1.29 is 14.4 Å². The normalized spacial score (nSPS) is 27.8. The molecule has 7 heteroatoms. The van der Waals surface area contributed by atoms with E-state index < -0.39 is 6.04 Å². The first-order valence-corrected chi connectivity index (χ1v) is 9.68. The minimum absolute atomic E-state index is 0.109. The first-order valence-electron chi connectivity index (χ1n) is 9.68. The summed E-state index contributed by atoms with van der Waals surface area (Å²) >= 11 is 0. The lowest BCUT2D eigenvalue weighted by atomic mass is 9.99. The molecule has 2 saturated heterocycles. The summed E-state index contributed by atoms with van der Waals surface area (Å²) in [5, 5.41) is 9.36. The van der Waals surface area contributed by atoms with Crippen LogP contribution in [0.2, 0.25) is 0 Å². The molecule has 0 radical (unpaired) electrons. The van der Waals surface area contributed by atoms with E-state index in [4.69, 9.17) is 0 Å². The van der Waals surface area contributed by atoms with Gasteiger partial charge in [-0.2, -0.15) is 0 Å². The molecule has 7 nitrogen and oxygen atoms in total. The molecule has 4 rings (SSSR count). The Kier molecular flexibility index (Phi) is 4.74. The van der Waals surface area contributed by atoms with E-state index in [9.17, 15) is 14.4 Å². The van der Waals surface area contributed by atoms with Gasteiger partial charge in [0.15, 0.2) is 0 Å². The number of imide groups is 1. The molecule has 3 N–H and O–H groups in total. The van der Waals surface area contributed by atoms with Gasteiger partial charge in [0.2, 0.25) is 11.8 Å². The van der Waals surface area contributed by atoms with Gasteiger partial charge in [-0.1, -0.05) is 18.2 Å². The van der Waals surface area contributed by atoms with Crippen LogP contribution in [0, 0.1) is 0 Å². The van der Waals surface area contributed by atoms with Crippen LogP contribution in [0.25, 0.3) is 0 Å². The molecule has 3 amide bonds. The summed E-state index contributed by atoms with van der Waals surface area (Å²) in [4.78, 5) is 38.2. The number of nitrogens with one attached hydrogen (secondary N) is 3. The lowest BCUT2D eigenvalue weighted by molar-refractivity contribution is -0.136. The summed E-state index contributed by atoms with van der Waals surface area (Å²) in [5.74, 6) is -0.742. The second kappa shape index (κ2) is 7.05. The molecule has 0 aliphatic carbocycles. The van der Waals surface area contributed by atoms with Crippen LogP contribution >= 0.6 is 0 Å². The van der Waals surface area contributed by atoms with E-state index in [1.54, 1.807) is 4.90 Å². The van der Waals surface area contributed by atoms with Gasteiger partial charge in [0.1, 0.15) is 6.04 Å². The summed E-state index contributed by atoms with van der Waals surface area (Å²) in [6.45, 7) is 5.17. The number of hydrogen-bond donors (Lipinski definition) is 3. The number of fused-ring (bicyclic) bond motifs is 1. The van der Waals surface area contributed by atoms with Crippen LogP contribution in [0.15, 0.2) is 18.2 Å². The second-order valence-corrected chi connectivity index (χ2v) is 8.05. The third-order valence-electron chi connectivity index (χ3n) is 5.93. The number of benzene rings is 1. The fourth-order valence-corrected chi connectivity index (χ4v) is 4.42. The Balaban J connectivity index is 1.46. The Morgan fingerprint density at radius 2 is 2.15 bits per heavy atom. The Labute approximate surface area is 158 Å². The lowest BCUT2D eigenvalue weighted by Crippen LogP contribution is -2.52. The molecule has 27 heavy (non-hydrogen) atoms. The van der Waals surface area contributed by atoms with Gasteiger partial charge in [-0.25, -0.2) is 0 Å². The highest BCUT2D eigenvalue weighted by molar-refractivity contribution is 6.05. The Bertz CT molecular complexity index is 785. The molecule has 0 spiro atoms. The average molecular weight is 370 g/mol. The molecular weight excluding hydrogens is 344 g/mol. The molecule has 0 bridgehead atoms. The zero-order chi connectivity index (χ0) is 19.0. The second-order valence-electron chi connectivity index (χ2n) is 8.05. The number of rotatable bonds is 5. The fraction of sp³-hybridized carbons (Fsp3) is 0.550. The minimum Gasteiger partial charge on any atom is -0.322 e. The third kappa shape index (κ3) is 3.49. The van der Waals surface area contributed by atoms with E-state index >= 15 is 0 Å². The van der Waals surface area contributed by atoms with E-state index in [1.807, 2.05) is 18.2 Å². The number of carbonyl (C=O) groups is 3. The van der Waals surface area contributed by atoms with E-state index in [0.29, 0.717) is 25.1 Å². The van der Waals surface area contributed by atoms with E-state index in [1.165, 1.54) is 6.42 Å². The van der Waals surface area contributed by atoms with Gasteiger partial charge in [-0.15, -0.1) is 0 Å². The summed E-state index contributed by atoms with van der Waals surface area (Å²) in [6, 6.07) is 5.32. The fourth-order valence-electron chi connectivity index (χ4n) is 4.42. The Hall–Kier alpha value is -2.25. The van der Waals surface area contributed by atoms with Crippen molar-refractivity contribution >= 4 is 17.7 Å². The molecular formula is C20H26N4O3. The predicted octanol–water partition coefficient (Wildman–Crippen LogP) is 0.679. The summed E-state index contributed by atoms with van der Waals surface area (Å²) in [7, 11) is 0. The maximum absolute atomic E-state index is 13.0. The standard InChI is InChI=1S/C20H26N4O3/c1-20(8-3-9-22-20)12-21-10-13-4-2-5-14-11-24(19(27)17(13)14)15-6-7-16(25)23-18(15)26/h2,4-5,15,21-22H,3,6-12H2,1H3,(H,23,25,26)/t15?,20-/m0/s1. The molecule has 3 aliphatic rings. The smallest absolute Gasteiger partial charge is 0.255 e. The van der Waals surface area contributed by atoms with Gasteiger partial charge in [-0.3, -0.25) is 19.7 Å². The van der Waals surface area contributed by atoms with Crippen LogP contribution in [0.3, 0.4) is 0 Å². The SMILES string of the molecule is C[C@@]1(CNCc2cccc3c2C(=O)N(C2CCC(=O)NC2=O)C3)CCCN1. The Morgan fingerprint density at radius 1 is 1.30 bits per heavy atom. The van der Waals surface area contributed by atoms with E-state index in [-0.39, 0.29) is 29.7 Å². The lowest BCUT2D eigenvalue weighted by Gasteiger charge is -2.29. The minimum atomic E-state index is -0.565. The van der Waals surface area contributed by atoms with Crippen molar-refractivity contribution in [3.05, 3.63) is 34.9 Å². The number of piperidine rings is 1. The maximum atomic E-state index is 13.0. The zero-order valence-corrected chi connectivity index (χ0v) is 15.6. The molecule has 1 unspecified atom stereocenters. The van der Waals surface area contributed by atoms with Gasteiger partial charge in [0.25, 0.3) is 5.91 Å². The number of amides is 3. The third-order valence-corrected chi connectivity index (χ3v) is 5.93. The van der Waals surface area contributed by atoms with Crippen molar-refractivity contribution in [3.8, 4) is 0 Å². The maximum Gasteiger partial charge on any atom is 0.255 e. The van der Waals surface area contributed by atoms with Crippen LogP contribution in [-0.2, 0) is 22.7 Å². The van der Waals surface area contributed by atoms with Crippen molar-refractivity contribution in [3.63, 3.8) is 0 Å². The molecule has 144 valence electrons. The predicted molar refractivity (Wildman–Crippen MR) is 99.8 cm³/mol. The van der Waals surface area contributed by atoms with Crippen LogP contribution in [-0.4, -0.2) is 47.3 Å². The number of carbonyl (C=O) groups excluding carboxylic acids is 3. The van der Waals surface area contributed by atoms with Gasteiger partial charge < -0.3 is 15.5 Å². The average Bonchev–Trinajstić information content (AvgIpc) is 3.20. The van der Waals surface area contributed by atoms with Gasteiger partial charge in [0, 0.05) is 37.2 Å². The van der Waals surface area contributed by atoms with Crippen molar-refractivity contribution in [2.75, 3.05) is 13.1 Å². The van der Waals surface area contributed by atoms with Gasteiger partial charge in [-0.05, 0) is 43.9 Å². The molecule has 0 saturated carbocycles. The summed E-state index contributed by atoms with van der Waals surface area (Å²) in [5.41, 5.74) is 2.74. The molecule has 2 atom stereocenters. The molecule has 2 fully saturated rings. The van der Waals surface area contributed by atoms with Gasteiger partial charge >= 0.3 is 0 Å². The van der Waals surface area contributed by atoms with E-state index in [2.05, 4.69) is 22.9 Å². The zero-order valence-electron chi connectivity index (χ0n) is 15.6. The molecule has 3 heterocycles. The van der Waals surface area contributed by atoms with Crippen molar-refractivity contribution in [2.24, 2.45) is 0 Å². The van der Waals surface area contributed by atoms with Crippen LogP contribution in [0.1, 0.15) is 54.1 Å². The summed E-state index contributed by atoms with van der Waals surface area (Å²) in [6.07, 6.45) is 3.01. The largest absolute Gasteiger partial charge is 0.322 e. The van der Waals surface area contributed by atoms with E-state index in [0.717, 1.165) is 30.6 Å². The Morgan fingerprint density at radius 3 is 2.89 bits per heavy atom. The van der Waals surface area contributed by atoms with Crippen LogP contribution in [0.5, 0.6) is 0 Å². The molecule has 1 aromatic rings. The number of nitrogens with zero attached hydrogens (tertiary/aromatic N) is 1. The van der Waals surface area contributed by atoms with Crippen LogP contribution < -0.4 is 16.0 Å². The van der Waals surface area contributed by atoms with Crippen molar-refractivity contribution in [1.29, 1.82) is 0 Å². The molecule has 1 aromatic carbocycles.